The first-order chi connectivity index (χ1) is 7.20. The van der Waals surface area contributed by atoms with Crippen LogP contribution >= 0.6 is 11.3 Å². The molecule has 0 spiro atoms. The molecule has 86 valence electrons. The van der Waals surface area contributed by atoms with Crippen molar-refractivity contribution in [3.05, 3.63) is 16.1 Å². The second-order valence-corrected chi connectivity index (χ2v) is 4.77. The standard InChI is InChI=1S/C11H20N2OS/c1-9(2)12-5-7-14-6-4-11-10(3)13-8-15-11/h8-9,12H,4-7H2,1-3H3. The summed E-state index contributed by atoms with van der Waals surface area (Å²) in [7, 11) is 0. The quantitative estimate of drug-likeness (QED) is 0.725. The minimum Gasteiger partial charge on any atom is -0.380 e. The lowest BCUT2D eigenvalue weighted by Gasteiger charge is -2.08. The van der Waals surface area contributed by atoms with Crippen LogP contribution in [0.5, 0.6) is 0 Å². The van der Waals surface area contributed by atoms with Gasteiger partial charge in [0.05, 0.1) is 24.4 Å². The molecule has 0 unspecified atom stereocenters. The van der Waals surface area contributed by atoms with E-state index in [1.54, 1.807) is 11.3 Å². The SMILES string of the molecule is Cc1ncsc1CCOCCNC(C)C. The molecule has 1 aromatic heterocycles. The van der Waals surface area contributed by atoms with Crippen molar-refractivity contribution in [2.24, 2.45) is 0 Å². The number of aryl methyl sites for hydroxylation is 1. The van der Waals surface area contributed by atoms with Gasteiger partial charge in [-0.2, -0.15) is 0 Å². The number of rotatable bonds is 7. The molecule has 0 saturated carbocycles. The van der Waals surface area contributed by atoms with E-state index >= 15 is 0 Å². The Morgan fingerprint density at radius 3 is 2.87 bits per heavy atom. The fraction of sp³-hybridized carbons (Fsp3) is 0.727. The maximum atomic E-state index is 5.53. The van der Waals surface area contributed by atoms with Crippen molar-refractivity contribution in [2.45, 2.75) is 33.2 Å². The molecular weight excluding hydrogens is 208 g/mol. The van der Waals surface area contributed by atoms with Gasteiger partial charge in [0.25, 0.3) is 0 Å². The Hall–Kier alpha value is -0.450. The monoisotopic (exact) mass is 228 g/mol. The molecule has 15 heavy (non-hydrogen) atoms. The van der Waals surface area contributed by atoms with E-state index in [9.17, 15) is 0 Å². The summed E-state index contributed by atoms with van der Waals surface area (Å²) in [6, 6.07) is 0.539. The Morgan fingerprint density at radius 2 is 2.27 bits per heavy atom. The fourth-order valence-electron chi connectivity index (χ4n) is 1.25. The van der Waals surface area contributed by atoms with Gasteiger partial charge in [0.2, 0.25) is 0 Å². The molecule has 0 bridgehead atoms. The first kappa shape index (κ1) is 12.6. The zero-order valence-corrected chi connectivity index (χ0v) is 10.6. The van der Waals surface area contributed by atoms with Crippen LogP contribution in [0.15, 0.2) is 5.51 Å². The van der Waals surface area contributed by atoms with Crippen molar-refractivity contribution >= 4 is 11.3 Å². The summed E-state index contributed by atoms with van der Waals surface area (Å²) in [6.45, 7) is 8.84. The number of ether oxygens (including phenoxy) is 1. The Bertz CT molecular complexity index is 273. The van der Waals surface area contributed by atoms with E-state index in [0.717, 1.165) is 31.9 Å². The fourth-order valence-corrected chi connectivity index (χ4v) is 2.02. The number of nitrogens with zero attached hydrogens (tertiary/aromatic N) is 1. The van der Waals surface area contributed by atoms with E-state index in [0.29, 0.717) is 6.04 Å². The van der Waals surface area contributed by atoms with E-state index in [-0.39, 0.29) is 0 Å². The second-order valence-electron chi connectivity index (χ2n) is 3.83. The molecule has 0 aliphatic rings. The average molecular weight is 228 g/mol. The largest absolute Gasteiger partial charge is 0.380 e. The van der Waals surface area contributed by atoms with Crippen LogP contribution in [-0.4, -0.2) is 30.8 Å². The van der Waals surface area contributed by atoms with Crippen molar-refractivity contribution in [2.75, 3.05) is 19.8 Å². The molecule has 0 amide bonds. The van der Waals surface area contributed by atoms with Gasteiger partial charge in [-0.05, 0) is 6.92 Å². The lowest BCUT2D eigenvalue weighted by molar-refractivity contribution is 0.138. The highest BCUT2D eigenvalue weighted by atomic mass is 32.1. The lowest BCUT2D eigenvalue weighted by Crippen LogP contribution is -2.26. The summed E-state index contributed by atoms with van der Waals surface area (Å²) in [6.07, 6.45) is 0.984. The van der Waals surface area contributed by atoms with Crippen LogP contribution in [0.4, 0.5) is 0 Å². The Kier molecular flexibility index (Phi) is 5.83. The normalized spacial score (nSPS) is 11.2. The predicted molar refractivity (Wildman–Crippen MR) is 64.5 cm³/mol. The van der Waals surface area contributed by atoms with Crippen molar-refractivity contribution in [1.29, 1.82) is 0 Å². The van der Waals surface area contributed by atoms with Crippen LogP contribution in [0.3, 0.4) is 0 Å². The van der Waals surface area contributed by atoms with Gasteiger partial charge in [0.1, 0.15) is 0 Å². The van der Waals surface area contributed by atoms with E-state index in [1.165, 1.54) is 4.88 Å². The van der Waals surface area contributed by atoms with Gasteiger partial charge in [-0.25, -0.2) is 4.98 Å². The number of nitrogens with one attached hydrogen (secondary N) is 1. The molecule has 1 heterocycles. The van der Waals surface area contributed by atoms with E-state index < -0.39 is 0 Å². The van der Waals surface area contributed by atoms with Gasteiger partial charge >= 0.3 is 0 Å². The van der Waals surface area contributed by atoms with Crippen LogP contribution < -0.4 is 5.32 Å². The third-order valence-corrected chi connectivity index (χ3v) is 3.11. The summed E-state index contributed by atoms with van der Waals surface area (Å²) >= 11 is 1.71. The summed E-state index contributed by atoms with van der Waals surface area (Å²) in [5.74, 6) is 0. The molecule has 1 rings (SSSR count). The maximum Gasteiger partial charge on any atom is 0.0797 e. The first-order valence-corrected chi connectivity index (χ1v) is 6.28. The van der Waals surface area contributed by atoms with Crippen LogP contribution in [0, 0.1) is 6.92 Å². The molecule has 0 saturated heterocycles. The number of thiazole rings is 1. The third-order valence-electron chi connectivity index (χ3n) is 2.12. The highest BCUT2D eigenvalue weighted by Gasteiger charge is 2.00. The van der Waals surface area contributed by atoms with Gasteiger partial charge in [0, 0.05) is 23.9 Å². The average Bonchev–Trinajstić information content (AvgIpc) is 2.57. The smallest absolute Gasteiger partial charge is 0.0797 e. The number of hydrogen-bond donors (Lipinski definition) is 1. The summed E-state index contributed by atoms with van der Waals surface area (Å²) in [4.78, 5) is 5.55. The Morgan fingerprint density at radius 1 is 1.47 bits per heavy atom. The molecule has 0 radical (unpaired) electrons. The molecule has 1 aromatic rings. The molecule has 0 fully saturated rings. The molecule has 0 aliphatic heterocycles. The van der Waals surface area contributed by atoms with E-state index in [1.807, 2.05) is 12.4 Å². The molecular formula is C11H20N2OS. The third kappa shape index (κ3) is 5.25. The molecule has 0 aromatic carbocycles. The zero-order valence-electron chi connectivity index (χ0n) is 9.75. The molecule has 0 atom stereocenters. The summed E-state index contributed by atoms with van der Waals surface area (Å²) in [5, 5.41) is 3.32. The molecule has 3 nitrogen and oxygen atoms in total. The van der Waals surface area contributed by atoms with Crippen molar-refractivity contribution in [3.63, 3.8) is 0 Å². The van der Waals surface area contributed by atoms with Crippen LogP contribution in [0.25, 0.3) is 0 Å². The first-order valence-electron chi connectivity index (χ1n) is 5.40. The zero-order chi connectivity index (χ0) is 11.1. The topological polar surface area (TPSA) is 34.1 Å². The van der Waals surface area contributed by atoms with Crippen LogP contribution in [-0.2, 0) is 11.2 Å². The van der Waals surface area contributed by atoms with Crippen LogP contribution in [0.1, 0.15) is 24.4 Å². The predicted octanol–water partition coefficient (Wildman–Crippen LogP) is 2.01. The van der Waals surface area contributed by atoms with Gasteiger partial charge in [-0.15, -0.1) is 11.3 Å². The second kappa shape index (κ2) is 6.93. The van der Waals surface area contributed by atoms with Crippen LogP contribution in [0.2, 0.25) is 0 Å². The highest BCUT2D eigenvalue weighted by molar-refractivity contribution is 7.09. The van der Waals surface area contributed by atoms with Crippen molar-refractivity contribution in [1.82, 2.24) is 10.3 Å². The van der Waals surface area contributed by atoms with Gasteiger partial charge < -0.3 is 10.1 Å². The van der Waals surface area contributed by atoms with Crippen molar-refractivity contribution in [3.8, 4) is 0 Å². The highest BCUT2D eigenvalue weighted by Crippen LogP contribution is 2.12. The lowest BCUT2D eigenvalue weighted by atomic mass is 10.3. The minimum atomic E-state index is 0.539. The number of aromatic nitrogens is 1. The van der Waals surface area contributed by atoms with Gasteiger partial charge in [-0.3, -0.25) is 0 Å². The molecule has 0 aliphatic carbocycles. The van der Waals surface area contributed by atoms with Gasteiger partial charge in [-0.1, -0.05) is 13.8 Å². The maximum absolute atomic E-state index is 5.53. The van der Waals surface area contributed by atoms with Crippen molar-refractivity contribution < 1.29 is 4.74 Å². The Labute approximate surface area is 95.9 Å². The Balaban J connectivity index is 2.00. The number of hydrogen-bond acceptors (Lipinski definition) is 4. The van der Waals surface area contributed by atoms with Gasteiger partial charge in [0.15, 0.2) is 0 Å². The molecule has 1 N–H and O–H groups in total. The molecule has 4 heteroatoms. The summed E-state index contributed by atoms with van der Waals surface area (Å²) < 4.78 is 5.53. The summed E-state index contributed by atoms with van der Waals surface area (Å²) in [5.41, 5.74) is 3.04. The van der Waals surface area contributed by atoms with E-state index in [2.05, 4.69) is 24.1 Å². The minimum absolute atomic E-state index is 0.539. The van der Waals surface area contributed by atoms with E-state index in [4.69, 9.17) is 4.74 Å².